The minimum absolute atomic E-state index is 0.162. The highest BCUT2D eigenvalue weighted by atomic mass is 79.9. The predicted octanol–water partition coefficient (Wildman–Crippen LogP) is 4.81. The van der Waals surface area contributed by atoms with Crippen LogP contribution in [0.5, 0.6) is 0 Å². The quantitative estimate of drug-likeness (QED) is 0.852. The summed E-state index contributed by atoms with van der Waals surface area (Å²) in [6, 6.07) is 4.37. The molecule has 2 aromatic rings. The summed E-state index contributed by atoms with van der Waals surface area (Å²) in [5.74, 6) is 1.03. The lowest BCUT2D eigenvalue weighted by atomic mass is 10.1. The highest BCUT2D eigenvalue weighted by Crippen LogP contribution is 2.35. The maximum Gasteiger partial charge on any atom is 0.128 e. The molecule has 4 heteroatoms. The molecule has 2 nitrogen and oxygen atoms in total. The number of halogens is 1. The summed E-state index contributed by atoms with van der Waals surface area (Å²) in [6.07, 6.45) is 2.88. The van der Waals surface area contributed by atoms with Crippen molar-refractivity contribution in [3.05, 3.63) is 43.9 Å². The van der Waals surface area contributed by atoms with Crippen LogP contribution in [0.3, 0.4) is 0 Å². The van der Waals surface area contributed by atoms with Crippen molar-refractivity contribution >= 4 is 27.3 Å². The molecule has 18 heavy (non-hydrogen) atoms. The molecule has 1 atom stereocenters. The Morgan fingerprint density at radius 1 is 1.44 bits per heavy atom. The average molecular weight is 328 g/mol. The van der Waals surface area contributed by atoms with Gasteiger partial charge in [-0.25, -0.2) is 0 Å². The van der Waals surface area contributed by atoms with Crippen LogP contribution in [0.4, 0.5) is 0 Å². The maximum absolute atomic E-state index is 5.66. The Balaban J connectivity index is 2.33. The number of hydrogen-bond donors (Lipinski definition) is 1. The summed E-state index contributed by atoms with van der Waals surface area (Å²) in [7, 11) is 0. The molecular weight excluding hydrogens is 310 g/mol. The molecule has 0 aliphatic heterocycles. The van der Waals surface area contributed by atoms with Crippen molar-refractivity contribution in [2.45, 2.75) is 33.2 Å². The number of hydrogen-bond acceptors (Lipinski definition) is 3. The monoisotopic (exact) mass is 327 g/mol. The second-order valence-corrected chi connectivity index (χ2v) is 6.55. The Hall–Kier alpha value is -0.580. The summed E-state index contributed by atoms with van der Waals surface area (Å²) in [4.78, 5) is 2.60. The Morgan fingerprint density at radius 2 is 2.22 bits per heavy atom. The minimum atomic E-state index is 0.162. The van der Waals surface area contributed by atoms with Crippen LogP contribution in [-0.4, -0.2) is 6.54 Å². The smallest absolute Gasteiger partial charge is 0.128 e. The molecule has 0 aliphatic carbocycles. The van der Waals surface area contributed by atoms with E-state index >= 15 is 0 Å². The molecule has 0 aromatic carbocycles. The van der Waals surface area contributed by atoms with Crippen molar-refractivity contribution in [3.63, 3.8) is 0 Å². The molecule has 2 aromatic heterocycles. The summed E-state index contributed by atoms with van der Waals surface area (Å²) < 4.78 is 6.83. The Morgan fingerprint density at radius 3 is 2.72 bits per heavy atom. The SMILES string of the molecule is CCCNC(c1cc(Br)c(C)s1)c1occc1C. The van der Waals surface area contributed by atoms with Crippen molar-refractivity contribution in [1.29, 1.82) is 0 Å². The zero-order valence-electron chi connectivity index (χ0n) is 10.9. The molecule has 0 saturated carbocycles. The van der Waals surface area contributed by atoms with Gasteiger partial charge in [-0.15, -0.1) is 11.3 Å². The summed E-state index contributed by atoms with van der Waals surface area (Å²) in [5, 5.41) is 3.57. The van der Waals surface area contributed by atoms with E-state index in [1.807, 2.05) is 17.4 Å². The summed E-state index contributed by atoms with van der Waals surface area (Å²) in [5.41, 5.74) is 1.20. The van der Waals surface area contributed by atoms with Gasteiger partial charge in [-0.05, 0) is 60.4 Å². The molecule has 98 valence electrons. The fourth-order valence-corrected chi connectivity index (χ4v) is 3.55. The van der Waals surface area contributed by atoms with Crippen LogP contribution in [0.25, 0.3) is 0 Å². The zero-order chi connectivity index (χ0) is 13.1. The fraction of sp³-hybridized carbons (Fsp3) is 0.429. The average Bonchev–Trinajstić information content (AvgIpc) is 2.88. The van der Waals surface area contributed by atoms with Crippen LogP contribution >= 0.6 is 27.3 Å². The second-order valence-electron chi connectivity index (χ2n) is 4.41. The van der Waals surface area contributed by atoms with Gasteiger partial charge >= 0.3 is 0 Å². The van der Waals surface area contributed by atoms with E-state index in [0.717, 1.165) is 18.7 Å². The molecule has 0 fully saturated rings. The van der Waals surface area contributed by atoms with E-state index in [1.165, 1.54) is 19.8 Å². The standard InChI is InChI=1S/C14H18BrNOS/c1-4-6-16-13(14-9(2)5-7-17-14)12-8-11(15)10(3)18-12/h5,7-8,13,16H,4,6H2,1-3H3. The number of furan rings is 1. The maximum atomic E-state index is 5.66. The van der Waals surface area contributed by atoms with Crippen LogP contribution in [0.1, 0.15) is 40.5 Å². The van der Waals surface area contributed by atoms with Gasteiger partial charge in [-0.1, -0.05) is 6.92 Å². The van der Waals surface area contributed by atoms with Crippen molar-refractivity contribution < 1.29 is 4.42 Å². The third-order valence-corrected chi connectivity index (χ3v) is 5.12. The van der Waals surface area contributed by atoms with E-state index in [1.54, 1.807) is 6.26 Å². The van der Waals surface area contributed by atoms with Gasteiger partial charge < -0.3 is 9.73 Å². The molecule has 1 N–H and O–H groups in total. The van der Waals surface area contributed by atoms with Crippen molar-refractivity contribution in [2.75, 3.05) is 6.54 Å². The van der Waals surface area contributed by atoms with Gasteiger partial charge in [0.2, 0.25) is 0 Å². The van der Waals surface area contributed by atoms with Gasteiger partial charge in [-0.2, -0.15) is 0 Å². The molecular formula is C14H18BrNOS. The topological polar surface area (TPSA) is 25.2 Å². The highest BCUT2D eigenvalue weighted by Gasteiger charge is 2.21. The first kappa shape index (κ1) is 13.8. The van der Waals surface area contributed by atoms with Crippen molar-refractivity contribution in [1.82, 2.24) is 5.32 Å². The third-order valence-electron chi connectivity index (χ3n) is 2.92. The van der Waals surface area contributed by atoms with Crippen molar-refractivity contribution in [2.24, 2.45) is 0 Å². The van der Waals surface area contributed by atoms with E-state index in [0.29, 0.717) is 0 Å². The third kappa shape index (κ3) is 2.87. The van der Waals surface area contributed by atoms with Gasteiger partial charge in [0.15, 0.2) is 0 Å². The molecule has 1 unspecified atom stereocenters. The normalized spacial score (nSPS) is 12.9. The van der Waals surface area contributed by atoms with E-state index in [-0.39, 0.29) is 6.04 Å². The molecule has 0 aliphatic rings. The molecule has 0 bridgehead atoms. The lowest BCUT2D eigenvalue weighted by molar-refractivity contribution is 0.447. The summed E-state index contributed by atoms with van der Waals surface area (Å²) >= 11 is 5.40. The number of aryl methyl sites for hydroxylation is 2. The first-order chi connectivity index (χ1) is 8.63. The van der Waals surface area contributed by atoms with Gasteiger partial charge in [0.1, 0.15) is 11.8 Å². The number of thiophene rings is 1. The van der Waals surface area contributed by atoms with Gasteiger partial charge in [-0.3, -0.25) is 0 Å². The van der Waals surface area contributed by atoms with Gasteiger partial charge in [0.05, 0.1) is 6.26 Å². The molecule has 2 rings (SSSR count). The zero-order valence-corrected chi connectivity index (χ0v) is 13.3. The minimum Gasteiger partial charge on any atom is -0.467 e. The Kier molecular flexibility index (Phi) is 4.65. The Bertz CT molecular complexity index is 498. The summed E-state index contributed by atoms with van der Waals surface area (Å²) in [6.45, 7) is 7.38. The first-order valence-corrected chi connectivity index (χ1v) is 7.77. The lowest BCUT2D eigenvalue weighted by Crippen LogP contribution is -2.22. The van der Waals surface area contributed by atoms with Crippen LogP contribution in [0.15, 0.2) is 27.3 Å². The van der Waals surface area contributed by atoms with Crippen LogP contribution in [0, 0.1) is 13.8 Å². The van der Waals surface area contributed by atoms with Crippen LogP contribution < -0.4 is 5.32 Å². The first-order valence-electron chi connectivity index (χ1n) is 6.16. The fourth-order valence-electron chi connectivity index (χ4n) is 1.92. The van der Waals surface area contributed by atoms with Crippen LogP contribution in [0.2, 0.25) is 0 Å². The van der Waals surface area contributed by atoms with Crippen LogP contribution in [-0.2, 0) is 0 Å². The molecule has 0 radical (unpaired) electrons. The predicted molar refractivity (Wildman–Crippen MR) is 80.3 cm³/mol. The Labute approximate surface area is 121 Å². The number of nitrogens with one attached hydrogen (secondary N) is 1. The van der Waals surface area contributed by atoms with Crippen molar-refractivity contribution in [3.8, 4) is 0 Å². The second kappa shape index (κ2) is 6.04. The highest BCUT2D eigenvalue weighted by molar-refractivity contribution is 9.10. The van der Waals surface area contributed by atoms with E-state index in [4.69, 9.17) is 4.42 Å². The van der Waals surface area contributed by atoms with E-state index in [9.17, 15) is 0 Å². The largest absolute Gasteiger partial charge is 0.467 e. The van der Waals surface area contributed by atoms with Gasteiger partial charge in [0.25, 0.3) is 0 Å². The van der Waals surface area contributed by atoms with E-state index in [2.05, 4.69) is 48.1 Å². The van der Waals surface area contributed by atoms with Gasteiger partial charge in [0, 0.05) is 14.2 Å². The van der Waals surface area contributed by atoms with E-state index < -0.39 is 0 Å². The molecule has 0 saturated heterocycles. The lowest BCUT2D eigenvalue weighted by Gasteiger charge is -2.15. The number of rotatable bonds is 5. The molecule has 0 amide bonds. The molecule has 0 spiro atoms. The molecule has 2 heterocycles.